The third-order valence-electron chi connectivity index (χ3n) is 5.01. The van der Waals surface area contributed by atoms with Crippen LogP contribution < -0.4 is 5.32 Å². The Balaban J connectivity index is 1.78. The minimum absolute atomic E-state index is 0.117. The second kappa shape index (κ2) is 9.40. The van der Waals surface area contributed by atoms with E-state index in [1.807, 2.05) is 29.8 Å². The van der Waals surface area contributed by atoms with Crippen molar-refractivity contribution < 1.29 is 17.6 Å². The number of hydrogen-bond acceptors (Lipinski definition) is 4. The summed E-state index contributed by atoms with van der Waals surface area (Å²) in [5.74, 6) is -0.608. The van der Waals surface area contributed by atoms with E-state index in [4.69, 9.17) is 0 Å². The summed E-state index contributed by atoms with van der Waals surface area (Å²) < 4.78 is 42.9. The number of halogens is 1. The number of sulfonamides is 1. The van der Waals surface area contributed by atoms with Crippen molar-refractivity contribution in [2.24, 2.45) is 0 Å². The van der Waals surface area contributed by atoms with Gasteiger partial charge in [-0.05, 0) is 42.8 Å². The average Bonchev–Trinajstić information content (AvgIpc) is 3.14. The standard InChI is InChI=1S/C22H25FN4O3S/c1-4-27(5-2)31(29,30)19-10-11-21(23)20(14-19)22(28)25-18-8-6-17(7-9-18)15-26-13-12-24-16(26)3/h6-14H,4-5,15H2,1-3H3,(H,25,28). The van der Waals surface area contributed by atoms with Gasteiger partial charge in [-0.25, -0.2) is 17.8 Å². The number of benzene rings is 2. The summed E-state index contributed by atoms with van der Waals surface area (Å²) >= 11 is 0. The summed E-state index contributed by atoms with van der Waals surface area (Å²) in [7, 11) is -3.80. The summed E-state index contributed by atoms with van der Waals surface area (Å²) in [4.78, 5) is 16.7. The number of aromatic nitrogens is 2. The average molecular weight is 445 g/mol. The zero-order valence-electron chi connectivity index (χ0n) is 17.7. The second-order valence-corrected chi connectivity index (χ2v) is 8.92. The van der Waals surface area contributed by atoms with Gasteiger partial charge in [-0.1, -0.05) is 26.0 Å². The van der Waals surface area contributed by atoms with E-state index in [1.165, 1.54) is 10.4 Å². The summed E-state index contributed by atoms with van der Waals surface area (Å²) in [6, 6.07) is 10.4. The Morgan fingerprint density at radius 1 is 1.13 bits per heavy atom. The van der Waals surface area contributed by atoms with E-state index >= 15 is 0 Å². The van der Waals surface area contributed by atoms with E-state index in [0.717, 1.165) is 23.5 Å². The Bertz CT molecular complexity index is 1170. The van der Waals surface area contributed by atoms with Gasteiger partial charge in [0.1, 0.15) is 11.6 Å². The predicted octanol–water partition coefficient (Wildman–Crippen LogP) is 3.66. The highest BCUT2D eigenvalue weighted by molar-refractivity contribution is 7.89. The van der Waals surface area contributed by atoms with Crippen LogP contribution in [0, 0.1) is 12.7 Å². The van der Waals surface area contributed by atoms with E-state index in [2.05, 4.69) is 10.3 Å². The van der Waals surface area contributed by atoms with Crippen molar-refractivity contribution in [2.75, 3.05) is 18.4 Å². The third-order valence-corrected chi connectivity index (χ3v) is 7.06. The summed E-state index contributed by atoms with van der Waals surface area (Å²) in [6.45, 7) is 6.55. The van der Waals surface area contributed by atoms with Crippen LogP contribution in [0.15, 0.2) is 59.8 Å². The molecule has 3 aromatic rings. The molecule has 0 fully saturated rings. The van der Waals surface area contributed by atoms with Crippen LogP contribution in [0.5, 0.6) is 0 Å². The van der Waals surface area contributed by atoms with Crippen molar-refractivity contribution in [3.05, 3.63) is 77.6 Å². The zero-order chi connectivity index (χ0) is 22.6. The monoisotopic (exact) mass is 444 g/mol. The van der Waals surface area contributed by atoms with E-state index in [-0.39, 0.29) is 23.5 Å². The Hall–Kier alpha value is -3.04. The van der Waals surface area contributed by atoms with Crippen LogP contribution in [-0.4, -0.2) is 41.3 Å². The zero-order valence-corrected chi connectivity index (χ0v) is 18.5. The molecule has 0 unspecified atom stereocenters. The number of hydrogen-bond donors (Lipinski definition) is 1. The van der Waals surface area contributed by atoms with Gasteiger partial charge in [0.05, 0.1) is 10.5 Å². The van der Waals surface area contributed by atoms with Gasteiger partial charge in [-0.2, -0.15) is 4.31 Å². The van der Waals surface area contributed by atoms with Gasteiger partial charge in [-0.3, -0.25) is 4.79 Å². The van der Waals surface area contributed by atoms with Gasteiger partial charge >= 0.3 is 0 Å². The summed E-state index contributed by atoms with van der Waals surface area (Å²) in [6.07, 6.45) is 3.61. The van der Waals surface area contributed by atoms with Crippen molar-refractivity contribution in [1.82, 2.24) is 13.9 Å². The first kappa shape index (κ1) is 22.6. The van der Waals surface area contributed by atoms with Gasteiger partial charge in [0.25, 0.3) is 5.91 Å². The quantitative estimate of drug-likeness (QED) is 0.575. The minimum Gasteiger partial charge on any atom is -0.331 e. The van der Waals surface area contributed by atoms with Crippen LogP contribution in [0.2, 0.25) is 0 Å². The molecule has 0 aliphatic heterocycles. The molecule has 1 aromatic heterocycles. The molecule has 0 spiro atoms. The van der Waals surface area contributed by atoms with Crippen molar-refractivity contribution in [1.29, 1.82) is 0 Å². The van der Waals surface area contributed by atoms with Crippen LogP contribution in [0.1, 0.15) is 35.6 Å². The highest BCUT2D eigenvalue weighted by Crippen LogP contribution is 2.21. The topological polar surface area (TPSA) is 84.3 Å². The molecule has 31 heavy (non-hydrogen) atoms. The molecule has 0 saturated carbocycles. The lowest BCUT2D eigenvalue weighted by Crippen LogP contribution is -2.31. The van der Waals surface area contributed by atoms with E-state index in [0.29, 0.717) is 12.2 Å². The fourth-order valence-electron chi connectivity index (χ4n) is 3.21. The molecule has 9 heteroatoms. The predicted molar refractivity (Wildman–Crippen MR) is 117 cm³/mol. The smallest absolute Gasteiger partial charge is 0.258 e. The fourth-order valence-corrected chi connectivity index (χ4v) is 4.70. The number of carbonyl (C=O) groups excluding carboxylic acids is 1. The maximum Gasteiger partial charge on any atom is 0.258 e. The largest absolute Gasteiger partial charge is 0.331 e. The van der Waals surface area contributed by atoms with Crippen LogP contribution in [0.4, 0.5) is 10.1 Å². The molecule has 164 valence electrons. The van der Waals surface area contributed by atoms with Gasteiger partial charge in [0, 0.05) is 37.7 Å². The molecule has 0 radical (unpaired) electrons. The Labute approximate surface area is 181 Å². The molecule has 1 N–H and O–H groups in total. The third kappa shape index (κ3) is 5.00. The highest BCUT2D eigenvalue weighted by atomic mass is 32.2. The molecule has 7 nitrogen and oxygen atoms in total. The lowest BCUT2D eigenvalue weighted by molar-refractivity contribution is 0.102. The number of imidazole rings is 1. The highest BCUT2D eigenvalue weighted by Gasteiger charge is 2.24. The number of nitrogens with zero attached hydrogens (tertiary/aromatic N) is 3. The molecule has 0 aliphatic rings. The summed E-state index contributed by atoms with van der Waals surface area (Å²) in [5.41, 5.74) is 1.16. The maximum absolute atomic E-state index is 14.3. The molecule has 3 rings (SSSR count). The second-order valence-electron chi connectivity index (χ2n) is 6.98. The normalized spacial score (nSPS) is 11.6. The summed E-state index contributed by atoms with van der Waals surface area (Å²) in [5, 5.41) is 2.63. The van der Waals surface area contributed by atoms with Crippen molar-refractivity contribution >= 4 is 21.6 Å². The van der Waals surface area contributed by atoms with Gasteiger partial charge in [0.15, 0.2) is 0 Å². The van der Waals surface area contributed by atoms with Crippen LogP contribution in [0.3, 0.4) is 0 Å². The van der Waals surface area contributed by atoms with E-state index in [9.17, 15) is 17.6 Å². The molecular formula is C22H25FN4O3S. The molecular weight excluding hydrogens is 419 g/mol. The number of anilines is 1. The van der Waals surface area contributed by atoms with Crippen molar-refractivity contribution in [2.45, 2.75) is 32.2 Å². The van der Waals surface area contributed by atoms with Gasteiger partial charge < -0.3 is 9.88 Å². The van der Waals surface area contributed by atoms with Crippen molar-refractivity contribution in [3.63, 3.8) is 0 Å². The van der Waals surface area contributed by atoms with E-state index in [1.54, 1.807) is 32.2 Å². The first-order chi connectivity index (χ1) is 14.8. The molecule has 1 amide bonds. The van der Waals surface area contributed by atoms with Crippen LogP contribution >= 0.6 is 0 Å². The number of amides is 1. The van der Waals surface area contributed by atoms with Gasteiger partial charge in [0.2, 0.25) is 10.0 Å². The van der Waals surface area contributed by atoms with Gasteiger partial charge in [-0.15, -0.1) is 0 Å². The Kier molecular flexibility index (Phi) is 6.87. The lowest BCUT2D eigenvalue weighted by Gasteiger charge is -2.19. The van der Waals surface area contributed by atoms with Crippen LogP contribution in [-0.2, 0) is 16.6 Å². The SMILES string of the molecule is CCN(CC)S(=O)(=O)c1ccc(F)c(C(=O)Nc2ccc(Cn3ccnc3C)cc2)c1. The first-order valence-corrected chi connectivity index (χ1v) is 11.4. The number of nitrogens with one attached hydrogen (secondary N) is 1. The van der Waals surface area contributed by atoms with E-state index < -0.39 is 21.7 Å². The molecule has 2 aromatic carbocycles. The van der Waals surface area contributed by atoms with Crippen LogP contribution in [0.25, 0.3) is 0 Å². The molecule has 0 saturated heterocycles. The van der Waals surface area contributed by atoms with Crippen molar-refractivity contribution in [3.8, 4) is 0 Å². The minimum atomic E-state index is -3.80. The molecule has 1 heterocycles. The number of carbonyl (C=O) groups is 1. The molecule has 0 aliphatic carbocycles. The Morgan fingerprint density at radius 3 is 2.39 bits per heavy atom. The maximum atomic E-state index is 14.3. The first-order valence-electron chi connectivity index (χ1n) is 9.94. The lowest BCUT2D eigenvalue weighted by atomic mass is 10.1. The molecule has 0 bridgehead atoms. The number of aryl methyl sites for hydroxylation is 1. The number of rotatable bonds is 8. The molecule has 0 atom stereocenters. The Morgan fingerprint density at radius 2 is 1.81 bits per heavy atom. The fraction of sp³-hybridized carbons (Fsp3) is 0.273.